The summed E-state index contributed by atoms with van der Waals surface area (Å²) in [6.07, 6.45) is 6.68. The van der Waals surface area contributed by atoms with Crippen molar-refractivity contribution in [1.82, 2.24) is 5.43 Å². The lowest BCUT2D eigenvalue weighted by atomic mass is 9.73. The van der Waals surface area contributed by atoms with Gasteiger partial charge >= 0.3 is 0 Å². The molecule has 0 amide bonds. The fourth-order valence-electron chi connectivity index (χ4n) is 3.21. The molecule has 3 atom stereocenters. The smallest absolute Gasteiger partial charge is 0.0853 e. The van der Waals surface area contributed by atoms with E-state index in [4.69, 9.17) is 10.6 Å². The van der Waals surface area contributed by atoms with Gasteiger partial charge in [-0.15, -0.1) is 0 Å². The molecular formula is C15H30N2O. The summed E-state index contributed by atoms with van der Waals surface area (Å²) in [7, 11) is 0. The molecule has 0 spiro atoms. The lowest BCUT2D eigenvalue weighted by Gasteiger charge is -2.45. The second kappa shape index (κ2) is 7.27. The standard InChI is InChI=1S/C15H30N2O/c1-5-12(3)10-14(17-16)15(18-6-2)9-7-8-13(4)11-15/h13-14,17H,3,5-11,16H2,1-2,4H3. The molecule has 1 aliphatic carbocycles. The van der Waals surface area contributed by atoms with Crippen LogP contribution in [-0.2, 0) is 4.74 Å². The first-order valence-electron chi connectivity index (χ1n) is 7.34. The van der Waals surface area contributed by atoms with Crippen LogP contribution in [0.1, 0.15) is 59.3 Å². The molecule has 1 saturated carbocycles. The van der Waals surface area contributed by atoms with E-state index in [0.29, 0.717) is 0 Å². The highest BCUT2D eigenvalue weighted by molar-refractivity contribution is 5.05. The quantitative estimate of drug-likeness (QED) is 0.417. The van der Waals surface area contributed by atoms with E-state index in [2.05, 4.69) is 32.8 Å². The van der Waals surface area contributed by atoms with Crippen LogP contribution in [0.5, 0.6) is 0 Å². The van der Waals surface area contributed by atoms with Crippen LogP contribution >= 0.6 is 0 Å². The Kier molecular flexibility index (Phi) is 6.33. The summed E-state index contributed by atoms with van der Waals surface area (Å²) >= 11 is 0. The highest BCUT2D eigenvalue weighted by Crippen LogP contribution is 2.39. The van der Waals surface area contributed by atoms with E-state index in [9.17, 15) is 0 Å². The van der Waals surface area contributed by atoms with Crippen molar-refractivity contribution in [3.8, 4) is 0 Å². The minimum atomic E-state index is -0.0979. The summed E-state index contributed by atoms with van der Waals surface area (Å²) in [5.74, 6) is 6.51. The normalized spacial score (nSPS) is 30.1. The Morgan fingerprint density at radius 3 is 2.78 bits per heavy atom. The van der Waals surface area contributed by atoms with Gasteiger partial charge in [0.25, 0.3) is 0 Å². The molecule has 0 aromatic rings. The Balaban J connectivity index is 2.81. The van der Waals surface area contributed by atoms with Crippen LogP contribution in [0, 0.1) is 5.92 Å². The van der Waals surface area contributed by atoms with E-state index in [0.717, 1.165) is 38.2 Å². The summed E-state index contributed by atoms with van der Waals surface area (Å²) in [6, 6.07) is 0.188. The van der Waals surface area contributed by atoms with Gasteiger partial charge in [0.2, 0.25) is 0 Å². The highest BCUT2D eigenvalue weighted by Gasteiger charge is 2.42. The maximum Gasteiger partial charge on any atom is 0.0853 e. The van der Waals surface area contributed by atoms with Crippen LogP contribution in [0.25, 0.3) is 0 Å². The fraction of sp³-hybridized carbons (Fsp3) is 0.867. The molecular weight excluding hydrogens is 224 g/mol. The van der Waals surface area contributed by atoms with Gasteiger partial charge < -0.3 is 4.74 Å². The summed E-state index contributed by atoms with van der Waals surface area (Å²) in [4.78, 5) is 0. The van der Waals surface area contributed by atoms with Crippen molar-refractivity contribution in [3.05, 3.63) is 12.2 Å². The molecule has 0 radical (unpaired) electrons. The number of hydrazine groups is 1. The van der Waals surface area contributed by atoms with E-state index in [1.54, 1.807) is 0 Å². The van der Waals surface area contributed by atoms with Crippen molar-refractivity contribution < 1.29 is 4.74 Å². The van der Waals surface area contributed by atoms with Gasteiger partial charge in [0.1, 0.15) is 0 Å². The average molecular weight is 254 g/mol. The van der Waals surface area contributed by atoms with Crippen LogP contribution in [0.4, 0.5) is 0 Å². The number of hydrogen-bond acceptors (Lipinski definition) is 3. The number of hydrogen-bond donors (Lipinski definition) is 2. The summed E-state index contributed by atoms with van der Waals surface area (Å²) < 4.78 is 6.16. The SMILES string of the molecule is C=C(CC)CC(NN)C1(OCC)CCCC(C)C1. The fourth-order valence-corrected chi connectivity index (χ4v) is 3.21. The number of rotatable bonds is 7. The maximum absolute atomic E-state index is 6.16. The third kappa shape index (κ3) is 3.81. The zero-order valence-corrected chi connectivity index (χ0v) is 12.3. The van der Waals surface area contributed by atoms with E-state index in [1.165, 1.54) is 18.4 Å². The molecule has 0 saturated heterocycles. The molecule has 1 rings (SSSR count). The van der Waals surface area contributed by atoms with Gasteiger partial charge in [-0.3, -0.25) is 11.3 Å². The van der Waals surface area contributed by atoms with Gasteiger partial charge in [0.05, 0.1) is 11.6 Å². The zero-order chi connectivity index (χ0) is 13.6. The summed E-state index contributed by atoms with van der Waals surface area (Å²) in [6.45, 7) is 11.4. The highest BCUT2D eigenvalue weighted by atomic mass is 16.5. The molecule has 0 aliphatic heterocycles. The Labute approximate surface area is 112 Å². The molecule has 0 bridgehead atoms. The zero-order valence-electron chi connectivity index (χ0n) is 12.3. The summed E-state index contributed by atoms with van der Waals surface area (Å²) in [5.41, 5.74) is 4.15. The van der Waals surface area contributed by atoms with Crippen LogP contribution in [-0.4, -0.2) is 18.2 Å². The van der Waals surface area contributed by atoms with E-state index >= 15 is 0 Å². The van der Waals surface area contributed by atoms with Crippen molar-refractivity contribution in [2.45, 2.75) is 70.9 Å². The van der Waals surface area contributed by atoms with Crippen LogP contribution < -0.4 is 11.3 Å². The van der Waals surface area contributed by atoms with Crippen LogP contribution in [0.15, 0.2) is 12.2 Å². The predicted octanol–water partition coefficient (Wildman–Crippen LogP) is 3.16. The molecule has 0 aromatic carbocycles. The predicted molar refractivity (Wildman–Crippen MR) is 77.1 cm³/mol. The molecule has 3 unspecified atom stereocenters. The van der Waals surface area contributed by atoms with Gasteiger partial charge in [-0.2, -0.15) is 0 Å². The van der Waals surface area contributed by atoms with E-state index in [-0.39, 0.29) is 11.6 Å². The molecule has 1 fully saturated rings. The van der Waals surface area contributed by atoms with Crippen molar-refractivity contribution >= 4 is 0 Å². The molecule has 0 aromatic heterocycles. The Hall–Kier alpha value is -0.380. The van der Waals surface area contributed by atoms with Gasteiger partial charge in [-0.1, -0.05) is 38.8 Å². The third-order valence-corrected chi connectivity index (χ3v) is 4.25. The maximum atomic E-state index is 6.16. The van der Waals surface area contributed by atoms with Gasteiger partial charge in [-0.05, 0) is 38.5 Å². The molecule has 1 aliphatic rings. The van der Waals surface area contributed by atoms with Crippen molar-refractivity contribution in [2.75, 3.05) is 6.61 Å². The first-order chi connectivity index (χ1) is 8.57. The number of nitrogens with two attached hydrogens (primary N) is 1. The summed E-state index contributed by atoms with van der Waals surface area (Å²) in [5, 5.41) is 0. The largest absolute Gasteiger partial charge is 0.374 e. The van der Waals surface area contributed by atoms with Crippen LogP contribution in [0.3, 0.4) is 0 Å². The van der Waals surface area contributed by atoms with E-state index < -0.39 is 0 Å². The van der Waals surface area contributed by atoms with E-state index in [1.807, 2.05) is 0 Å². The minimum Gasteiger partial charge on any atom is -0.374 e. The first-order valence-corrected chi connectivity index (χ1v) is 7.34. The number of nitrogens with one attached hydrogen (secondary N) is 1. The molecule has 106 valence electrons. The Morgan fingerprint density at radius 2 is 2.28 bits per heavy atom. The van der Waals surface area contributed by atoms with Gasteiger partial charge in [0, 0.05) is 6.61 Å². The van der Waals surface area contributed by atoms with Crippen molar-refractivity contribution in [1.29, 1.82) is 0 Å². The molecule has 3 nitrogen and oxygen atoms in total. The molecule has 3 heteroatoms. The monoisotopic (exact) mass is 254 g/mol. The van der Waals surface area contributed by atoms with Crippen molar-refractivity contribution in [3.63, 3.8) is 0 Å². The Bertz CT molecular complexity index is 263. The minimum absolute atomic E-state index is 0.0979. The molecule has 18 heavy (non-hydrogen) atoms. The van der Waals surface area contributed by atoms with Gasteiger partial charge in [-0.25, -0.2) is 0 Å². The van der Waals surface area contributed by atoms with Crippen molar-refractivity contribution in [2.24, 2.45) is 11.8 Å². The second-order valence-electron chi connectivity index (χ2n) is 5.73. The van der Waals surface area contributed by atoms with Crippen LogP contribution in [0.2, 0.25) is 0 Å². The molecule has 0 heterocycles. The number of ether oxygens (including phenoxy) is 1. The first kappa shape index (κ1) is 15.7. The topological polar surface area (TPSA) is 47.3 Å². The Morgan fingerprint density at radius 1 is 1.56 bits per heavy atom. The molecule has 3 N–H and O–H groups in total. The van der Waals surface area contributed by atoms with Gasteiger partial charge in [0.15, 0.2) is 0 Å². The third-order valence-electron chi connectivity index (χ3n) is 4.25. The lowest BCUT2D eigenvalue weighted by molar-refractivity contribution is -0.100. The lowest BCUT2D eigenvalue weighted by Crippen LogP contribution is -2.57. The average Bonchev–Trinajstić information content (AvgIpc) is 2.35. The second-order valence-corrected chi connectivity index (χ2v) is 5.73.